The van der Waals surface area contributed by atoms with Crippen molar-refractivity contribution in [2.45, 2.75) is 6.54 Å². The molecular weight excluding hydrogens is 264 g/mol. The summed E-state index contributed by atoms with van der Waals surface area (Å²) in [4.78, 5) is 0. The van der Waals surface area contributed by atoms with Crippen molar-refractivity contribution >= 4 is 32.6 Å². The summed E-state index contributed by atoms with van der Waals surface area (Å²) >= 11 is 5.83. The van der Waals surface area contributed by atoms with E-state index in [1.165, 1.54) is 4.68 Å². The summed E-state index contributed by atoms with van der Waals surface area (Å²) in [5, 5.41) is 5.62. The first-order valence-corrected chi connectivity index (χ1v) is 6.79. The number of rotatable bonds is 3. The van der Waals surface area contributed by atoms with Crippen molar-refractivity contribution in [3.05, 3.63) is 35.5 Å². The Bertz CT molecular complexity index is 658. The first-order chi connectivity index (χ1) is 7.94. The largest absolute Gasteiger partial charge is 0.748 e. The summed E-state index contributed by atoms with van der Waals surface area (Å²) in [6, 6.07) is 7.03. The van der Waals surface area contributed by atoms with Crippen LogP contribution >= 0.6 is 11.6 Å². The van der Waals surface area contributed by atoms with Crippen molar-refractivity contribution in [2.24, 2.45) is 0 Å². The number of benzene rings is 1. The van der Waals surface area contributed by atoms with E-state index in [2.05, 4.69) is 5.10 Å². The molecule has 0 N–H and O–H groups in total. The monoisotopic (exact) mass is 272 g/mol. The molecule has 7 heteroatoms. The van der Waals surface area contributed by atoms with E-state index in [1.54, 1.807) is 24.4 Å². The smallest absolute Gasteiger partial charge is 0.196 e. The Labute approximate surface area is 103 Å². The van der Waals surface area contributed by atoms with Crippen molar-refractivity contribution < 1.29 is 17.7 Å². The van der Waals surface area contributed by atoms with Gasteiger partial charge in [0.1, 0.15) is 15.6 Å². The number of aryl methyl sites for hydroxylation is 1. The minimum atomic E-state index is -4.22. The minimum absolute atomic E-state index is 0.0360. The normalized spacial score (nSPS) is 11.9. The second-order valence-electron chi connectivity index (χ2n) is 3.54. The number of hydrogen-bond acceptors (Lipinski definition) is 4. The van der Waals surface area contributed by atoms with Gasteiger partial charge in [0.25, 0.3) is 0 Å². The lowest BCUT2D eigenvalue weighted by atomic mass is 10.2. The highest BCUT2D eigenvalue weighted by molar-refractivity contribution is 7.85. The molecule has 1 aromatic heterocycles. The van der Waals surface area contributed by atoms with Crippen LogP contribution in [-0.2, 0) is 16.7 Å². The zero-order valence-electron chi connectivity index (χ0n) is 8.71. The lowest BCUT2D eigenvalue weighted by Gasteiger charge is -2.02. The fourth-order valence-corrected chi connectivity index (χ4v) is 1.99. The summed E-state index contributed by atoms with van der Waals surface area (Å²) in [5.41, 5.74) is 0.656. The van der Waals surface area contributed by atoms with Crippen LogP contribution in [0.5, 0.6) is 0 Å². The number of halogens is 1. The van der Waals surface area contributed by atoms with E-state index in [0.717, 1.165) is 5.39 Å². The highest BCUT2D eigenvalue weighted by atomic mass is 35.5. The topological polar surface area (TPSA) is 74.0 Å². The molecule has 0 atom stereocenters. The zero-order chi connectivity index (χ0) is 12.5. The van der Waals surface area contributed by atoms with E-state index in [9.17, 15) is 13.0 Å². The average Bonchev–Trinajstić information content (AvgIpc) is 2.24. The van der Waals surface area contributed by atoms with Crippen molar-refractivity contribution in [2.75, 3.05) is 5.75 Å². The van der Waals surface area contributed by atoms with Crippen LogP contribution in [0.1, 0.15) is 0 Å². The van der Waals surface area contributed by atoms with Crippen LogP contribution in [-0.4, -0.2) is 23.8 Å². The predicted octanol–water partition coefficient (Wildman–Crippen LogP) is 0.721. The maximum Gasteiger partial charge on any atom is 0.196 e. The summed E-state index contributed by atoms with van der Waals surface area (Å²) in [7, 11) is -4.22. The Hall–Kier alpha value is -1.24. The van der Waals surface area contributed by atoms with Crippen LogP contribution < -0.4 is 4.68 Å². The van der Waals surface area contributed by atoms with E-state index in [-0.39, 0.29) is 6.54 Å². The Morgan fingerprint density at radius 2 is 2.12 bits per heavy atom. The van der Waals surface area contributed by atoms with Crippen LogP contribution in [0.25, 0.3) is 10.9 Å². The molecule has 1 heterocycles. The lowest BCUT2D eigenvalue weighted by Crippen LogP contribution is -2.40. The van der Waals surface area contributed by atoms with Crippen LogP contribution in [0.4, 0.5) is 0 Å². The Balaban J connectivity index is 2.31. The fraction of sp³-hybridized carbons (Fsp3) is 0.200. The molecule has 0 aliphatic rings. The first kappa shape index (κ1) is 12.2. The standard InChI is InChI=1S/C10H9ClN2O3S/c11-9-2-1-8-3-4-13(12-10(8)7-9)5-6-17(14,15)16/h1-4,7H,5-6H2. The quantitative estimate of drug-likeness (QED) is 0.610. The molecule has 2 rings (SSSR count). The van der Waals surface area contributed by atoms with E-state index in [1.807, 2.05) is 6.07 Å². The molecule has 0 aliphatic carbocycles. The van der Waals surface area contributed by atoms with Crippen LogP contribution in [0.3, 0.4) is 0 Å². The van der Waals surface area contributed by atoms with Gasteiger partial charge in [0.2, 0.25) is 0 Å². The molecule has 0 bridgehead atoms. The molecule has 17 heavy (non-hydrogen) atoms. The van der Waals surface area contributed by atoms with Crippen LogP contribution in [0.2, 0.25) is 5.02 Å². The van der Waals surface area contributed by atoms with Crippen molar-refractivity contribution in [1.29, 1.82) is 0 Å². The molecule has 0 saturated carbocycles. The summed E-state index contributed by atoms with van der Waals surface area (Å²) in [6.45, 7) is 0.0360. The minimum Gasteiger partial charge on any atom is -0.748 e. The van der Waals surface area contributed by atoms with E-state index >= 15 is 0 Å². The average molecular weight is 273 g/mol. The van der Waals surface area contributed by atoms with Gasteiger partial charge >= 0.3 is 0 Å². The van der Waals surface area contributed by atoms with Crippen molar-refractivity contribution in [3.8, 4) is 0 Å². The van der Waals surface area contributed by atoms with E-state index in [4.69, 9.17) is 11.6 Å². The molecule has 5 nitrogen and oxygen atoms in total. The molecule has 0 aliphatic heterocycles. The summed E-state index contributed by atoms with van der Waals surface area (Å²) in [5.74, 6) is -0.475. The van der Waals surface area contributed by atoms with Gasteiger partial charge in [-0.3, -0.25) is 0 Å². The second-order valence-corrected chi connectivity index (χ2v) is 5.50. The summed E-state index contributed by atoms with van der Waals surface area (Å²) < 4.78 is 32.9. The van der Waals surface area contributed by atoms with Crippen molar-refractivity contribution in [1.82, 2.24) is 5.10 Å². The molecule has 0 amide bonds. The van der Waals surface area contributed by atoms with Gasteiger partial charge in [-0.15, -0.1) is 0 Å². The van der Waals surface area contributed by atoms with Crippen molar-refractivity contribution in [3.63, 3.8) is 0 Å². The van der Waals surface area contributed by atoms with Gasteiger partial charge in [-0.25, -0.2) is 8.42 Å². The highest BCUT2D eigenvalue weighted by Gasteiger charge is 2.07. The number of aromatic nitrogens is 2. The van der Waals surface area contributed by atoms with Gasteiger partial charge in [0.05, 0.1) is 5.75 Å². The third-order valence-corrected chi connectivity index (χ3v) is 3.14. The Kier molecular flexibility index (Phi) is 3.28. The second kappa shape index (κ2) is 4.56. The Morgan fingerprint density at radius 3 is 2.82 bits per heavy atom. The zero-order valence-corrected chi connectivity index (χ0v) is 10.3. The predicted molar refractivity (Wildman–Crippen MR) is 61.5 cm³/mol. The highest BCUT2D eigenvalue weighted by Crippen LogP contribution is 2.15. The van der Waals surface area contributed by atoms with E-state index in [0.29, 0.717) is 10.5 Å². The van der Waals surface area contributed by atoms with Gasteiger partial charge in [0.15, 0.2) is 12.7 Å². The maximum absolute atomic E-state index is 10.5. The Morgan fingerprint density at radius 1 is 1.35 bits per heavy atom. The van der Waals surface area contributed by atoms with Crippen LogP contribution in [0, 0.1) is 0 Å². The van der Waals surface area contributed by atoms with Gasteiger partial charge in [-0.2, -0.15) is 0 Å². The van der Waals surface area contributed by atoms with Gasteiger partial charge in [-0.1, -0.05) is 22.3 Å². The molecule has 0 radical (unpaired) electrons. The molecule has 2 aromatic rings. The van der Waals surface area contributed by atoms with Gasteiger partial charge in [0, 0.05) is 21.6 Å². The third-order valence-electron chi connectivity index (χ3n) is 2.23. The fourth-order valence-electron chi connectivity index (χ4n) is 1.41. The lowest BCUT2D eigenvalue weighted by molar-refractivity contribution is -0.747. The maximum atomic E-state index is 10.5. The molecular formula is C10H9ClN2O3S. The molecule has 0 saturated heterocycles. The summed E-state index contributed by atoms with van der Waals surface area (Å²) in [6.07, 6.45) is 1.63. The molecule has 1 aromatic carbocycles. The number of nitrogens with zero attached hydrogens (tertiary/aromatic N) is 2. The first-order valence-electron chi connectivity index (χ1n) is 4.84. The number of fused-ring (bicyclic) bond motifs is 1. The van der Waals surface area contributed by atoms with Gasteiger partial charge in [-0.05, 0) is 12.1 Å². The molecule has 90 valence electrons. The number of hydrogen-bond donors (Lipinski definition) is 0. The van der Waals surface area contributed by atoms with Crippen LogP contribution in [0.15, 0.2) is 30.5 Å². The van der Waals surface area contributed by atoms with Gasteiger partial charge < -0.3 is 4.55 Å². The SMILES string of the molecule is O=S(=O)([O-])CC[n+]1ccc2ccc(Cl)cc2n1. The van der Waals surface area contributed by atoms with E-state index < -0.39 is 15.9 Å². The molecule has 0 spiro atoms. The molecule has 0 unspecified atom stereocenters. The molecule has 0 fully saturated rings. The third kappa shape index (κ3) is 3.36.